The Kier molecular flexibility index (Phi) is 8.37. The highest BCUT2D eigenvalue weighted by Gasteiger charge is 2.29. The fourth-order valence-electron chi connectivity index (χ4n) is 3.60. The fourth-order valence-corrected chi connectivity index (χ4v) is 5.96. The van der Waals surface area contributed by atoms with Crippen LogP contribution in [0, 0.1) is 0 Å². The number of hydrogen-bond donors (Lipinski definition) is 1. The second kappa shape index (κ2) is 11.9. The third-order valence-corrected chi connectivity index (χ3v) is 8.28. The van der Waals surface area contributed by atoms with Crippen molar-refractivity contribution in [1.82, 2.24) is 0 Å². The summed E-state index contributed by atoms with van der Waals surface area (Å²) in [7, 11) is -1.17. The van der Waals surface area contributed by atoms with E-state index in [1.807, 2.05) is 48.5 Å². The first-order valence-electron chi connectivity index (χ1n) is 11.3. The molecule has 0 radical (unpaired) electrons. The molecule has 0 saturated heterocycles. The van der Waals surface area contributed by atoms with E-state index in [1.54, 1.807) is 42.5 Å². The lowest BCUT2D eigenvalue weighted by molar-refractivity contribution is -0.114. The number of carbonyl (C=O) groups is 1. The number of para-hydroxylation sites is 3. The van der Waals surface area contributed by atoms with Gasteiger partial charge in [0.2, 0.25) is 5.91 Å². The number of carbonyl (C=O) groups excluding carboxylic acids is 1. The summed E-state index contributed by atoms with van der Waals surface area (Å²) in [6.07, 6.45) is 0. The van der Waals surface area contributed by atoms with Crippen molar-refractivity contribution >= 4 is 39.1 Å². The second-order valence-corrected chi connectivity index (χ2v) is 10.8. The van der Waals surface area contributed by atoms with Crippen LogP contribution in [0.5, 0.6) is 11.5 Å². The quantitative estimate of drug-likeness (QED) is 0.281. The molecule has 37 heavy (non-hydrogen) atoms. The number of anilines is 2. The number of amides is 1. The summed E-state index contributed by atoms with van der Waals surface area (Å²) in [5.41, 5.74) is 0.839. The van der Waals surface area contributed by atoms with E-state index in [1.165, 1.54) is 38.1 Å². The number of nitrogens with zero attached hydrogens (tertiary/aromatic N) is 1. The van der Waals surface area contributed by atoms with Gasteiger partial charge in [-0.2, -0.15) is 0 Å². The van der Waals surface area contributed by atoms with Gasteiger partial charge in [0.25, 0.3) is 10.0 Å². The van der Waals surface area contributed by atoms with Crippen LogP contribution in [0.25, 0.3) is 0 Å². The maximum Gasteiger partial charge on any atom is 0.264 e. The summed E-state index contributed by atoms with van der Waals surface area (Å²) < 4.78 is 39.1. The van der Waals surface area contributed by atoms with Gasteiger partial charge < -0.3 is 14.8 Å². The number of ether oxygens (including phenoxy) is 2. The third-order valence-electron chi connectivity index (χ3n) is 5.42. The third kappa shape index (κ3) is 6.25. The minimum Gasteiger partial charge on any atom is -0.497 e. The molecule has 0 spiro atoms. The Balaban J connectivity index is 1.65. The topological polar surface area (TPSA) is 84.9 Å². The Hall–Kier alpha value is -3.95. The lowest BCUT2D eigenvalue weighted by atomic mass is 10.3. The smallest absolute Gasteiger partial charge is 0.264 e. The largest absolute Gasteiger partial charge is 0.497 e. The van der Waals surface area contributed by atoms with E-state index >= 15 is 0 Å². The molecule has 0 aromatic heterocycles. The van der Waals surface area contributed by atoms with E-state index in [0.29, 0.717) is 17.2 Å². The van der Waals surface area contributed by atoms with Crippen molar-refractivity contribution in [2.24, 2.45) is 0 Å². The first-order chi connectivity index (χ1) is 17.9. The van der Waals surface area contributed by atoms with Crippen LogP contribution in [0.3, 0.4) is 0 Å². The van der Waals surface area contributed by atoms with Crippen LogP contribution in [0.2, 0.25) is 0 Å². The molecule has 0 aliphatic rings. The molecule has 9 heteroatoms. The average molecular weight is 535 g/mol. The van der Waals surface area contributed by atoms with Crippen molar-refractivity contribution < 1.29 is 22.7 Å². The standard InChI is InChI=1S/C28H26N2O5S2/c1-34-21-16-18-23(19-17-21)37(32,33)30(25-13-7-8-14-26(25)35-2)20-28(31)29-24-12-6-9-15-27(24)36-22-10-4-3-5-11-22/h3-19H,20H2,1-2H3,(H,29,31). The SMILES string of the molecule is COc1ccc(S(=O)(=O)N(CC(=O)Nc2ccccc2Sc2ccccc2)c2ccccc2OC)cc1. The minimum absolute atomic E-state index is 0.0204. The van der Waals surface area contributed by atoms with E-state index in [-0.39, 0.29) is 10.6 Å². The van der Waals surface area contributed by atoms with E-state index in [4.69, 9.17) is 9.47 Å². The summed E-state index contributed by atoms with van der Waals surface area (Å²) >= 11 is 1.50. The van der Waals surface area contributed by atoms with Crippen LogP contribution in [0.15, 0.2) is 118 Å². The van der Waals surface area contributed by atoms with Gasteiger partial charge in [-0.05, 0) is 60.7 Å². The lowest BCUT2D eigenvalue weighted by Crippen LogP contribution is -2.38. The molecular formula is C28H26N2O5S2. The van der Waals surface area contributed by atoms with Gasteiger partial charge in [-0.15, -0.1) is 0 Å². The van der Waals surface area contributed by atoms with Crippen LogP contribution in [-0.4, -0.2) is 35.1 Å². The normalized spacial score (nSPS) is 11.0. The van der Waals surface area contributed by atoms with Gasteiger partial charge in [-0.1, -0.05) is 54.2 Å². The van der Waals surface area contributed by atoms with Crippen LogP contribution in [0.4, 0.5) is 11.4 Å². The van der Waals surface area contributed by atoms with Crippen LogP contribution in [0.1, 0.15) is 0 Å². The first kappa shape index (κ1) is 26.1. The summed E-state index contributed by atoms with van der Waals surface area (Å²) in [6.45, 7) is -0.459. The van der Waals surface area contributed by atoms with E-state index < -0.39 is 22.5 Å². The van der Waals surface area contributed by atoms with Gasteiger partial charge in [0.1, 0.15) is 18.0 Å². The molecule has 4 aromatic carbocycles. The molecule has 190 valence electrons. The zero-order valence-electron chi connectivity index (χ0n) is 20.3. The fraction of sp³-hybridized carbons (Fsp3) is 0.107. The predicted molar refractivity (Wildman–Crippen MR) is 146 cm³/mol. The maximum atomic E-state index is 13.7. The Labute approximate surface area is 221 Å². The van der Waals surface area contributed by atoms with E-state index in [0.717, 1.165) is 14.1 Å². The van der Waals surface area contributed by atoms with Gasteiger partial charge in [-0.25, -0.2) is 8.42 Å². The van der Waals surface area contributed by atoms with Gasteiger partial charge >= 0.3 is 0 Å². The average Bonchev–Trinajstić information content (AvgIpc) is 2.93. The molecule has 0 atom stereocenters. The molecular weight excluding hydrogens is 508 g/mol. The molecule has 1 amide bonds. The first-order valence-corrected chi connectivity index (χ1v) is 13.6. The van der Waals surface area contributed by atoms with Crippen molar-refractivity contribution in [1.29, 1.82) is 0 Å². The second-order valence-electron chi connectivity index (χ2n) is 7.82. The van der Waals surface area contributed by atoms with Gasteiger partial charge in [0, 0.05) is 9.79 Å². The number of benzene rings is 4. The van der Waals surface area contributed by atoms with Crippen LogP contribution < -0.4 is 19.1 Å². The Morgan fingerprint density at radius 2 is 1.46 bits per heavy atom. The highest BCUT2D eigenvalue weighted by atomic mass is 32.2. The maximum absolute atomic E-state index is 13.7. The van der Waals surface area contributed by atoms with Crippen molar-refractivity contribution in [3.8, 4) is 11.5 Å². The lowest BCUT2D eigenvalue weighted by Gasteiger charge is -2.26. The molecule has 0 aliphatic heterocycles. The predicted octanol–water partition coefficient (Wildman–Crippen LogP) is 5.69. The number of rotatable bonds is 10. The molecule has 0 saturated carbocycles. The molecule has 0 fully saturated rings. The number of sulfonamides is 1. The number of nitrogens with one attached hydrogen (secondary N) is 1. The highest BCUT2D eigenvalue weighted by Crippen LogP contribution is 2.35. The summed E-state index contributed by atoms with van der Waals surface area (Å²) in [4.78, 5) is 15.2. The van der Waals surface area contributed by atoms with Gasteiger partial charge in [-0.3, -0.25) is 9.10 Å². The molecule has 4 aromatic rings. The van der Waals surface area contributed by atoms with Crippen molar-refractivity contribution in [3.05, 3.63) is 103 Å². The van der Waals surface area contributed by atoms with Crippen molar-refractivity contribution in [2.45, 2.75) is 14.7 Å². The zero-order chi connectivity index (χ0) is 26.3. The Bertz CT molecular complexity index is 1460. The van der Waals surface area contributed by atoms with Gasteiger partial charge in [0.15, 0.2) is 0 Å². The molecule has 1 N–H and O–H groups in total. The molecule has 0 heterocycles. The highest BCUT2D eigenvalue weighted by molar-refractivity contribution is 7.99. The Morgan fingerprint density at radius 3 is 2.16 bits per heavy atom. The molecule has 7 nitrogen and oxygen atoms in total. The zero-order valence-corrected chi connectivity index (χ0v) is 22.0. The van der Waals surface area contributed by atoms with Crippen LogP contribution in [-0.2, 0) is 14.8 Å². The number of methoxy groups -OCH3 is 2. The van der Waals surface area contributed by atoms with E-state index in [9.17, 15) is 13.2 Å². The molecule has 0 bridgehead atoms. The summed E-state index contributed by atoms with van der Waals surface area (Å²) in [6, 6.07) is 29.9. The summed E-state index contributed by atoms with van der Waals surface area (Å²) in [5, 5.41) is 2.88. The molecule has 4 rings (SSSR count). The number of hydrogen-bond acceptors (Lipinski definition) is 6. The van der Waals surface area contributed by atoms with Crippen molar-refractivity contribution in [2.75, 3.05) is 30.4 Å². The summed E-state index contributed by atoms with van der Waals surface area (Å²) in [5.74, 6) is 0.351. The minimum atomic E-state index is -4.13. The van der Waals surface area contributed by atoms with Crippen molar-refractivity contribution in [3.63, 3.8) is 0 Å². The molecule has 0 aliphatic carbocycles. The van der Waals surface area contributed by atoms with Crippen LogP contribution >= 0.6 is 11.8 Å². The van der Waals surface area contributed by atoms with E-state index in [2.05, 4.69) is 5.32 Å². The Morgan fingerprint density at radius 1 is 0.811 bits per heavy atom. The monoisotopic (exact) mass is 534 g/mol. The van der Waals surface area contributed by atoms with Gasteiger partial charge in [0.05, 0.1) is 30.5 Å². The molecule has 0 unspecified atom stereocenters.